The highest BCUT2D eigenvalue weighted by Crippen LogP contribution is 2.28. The average Bonchev–Trinajstić information content (AvgIpc) is 2.26. The van der Waals surface area contributed by atoms with Crippen molar-refractivity contribution in [2.75, 3.05) is 13.2 Å². The topological polar surface area (TPSA) is 0 Å². The Morgan fingerprint density at radius 2 is 1.00 bits per heavy atom. The fourth-order valence-corrected chi connectivity index (χ4v) is 1.30. The number of alkyl halides is 2. The third kappa shape index (κ3) is 3.03. The molecule has 0 saturated carbocycles. The lowest BCUT2D eigenvalue weighted by Gasteiger charge is -2.04. The van der Waals surface area contributed by atoms with Crippen LogP contribution in [0, 0.1) is 29.1 Å². The lowest BCUT2D eigenvalue weighted by Crippen LogP contribution is -2.02. The molecule has 0 nitrogen and oxygen atoms in total. The molecule has 0 saturated heterocycles. The Hall–Kier alpha value is -0.920. The van der Waals surface area contributed by atoms with E-state index in [1.807, 2.05) is 0 Å². The van der Waals surface area contributed by atoms with Gasteiger partial charge in [0.1, 0.15) is 0 Å². The van der Waals surface area contributed by atoms with Crippen LogP contribution in [0.1, 0.15) is 0 Å². The van der Waals surface area contributed by atoms with Gasteiger partial charge in [0, 0.05) is 0 Å². The zero-order valence-corrected chi connectivity index (χ0v) is 8.58. The fourth-order valence-electron chi connectivity index (χ4n) is 0.764. The summed E-state index contributed by atoms with van der Waals surface area (Å²) in [6.45, 7) is -1.75. The van der Waals surface area contributed by atoms with E-state index in [2.05, 4.69) is 0 Å². The average molecular weight is 266 g/mol. The molecule has 0 spiro atoms. The van der Waals surface area contributed by atoms with Crippen LogP contribution in [0.5, 0.6) is 0 Å². The highest BCUT2D eigenvalue weighted by atomic mass is 32.2. The van der Waals surface area contributed by atoms with Crippen molar-refractivity contribution in [3.63, 3.8) is 0 Å². The Balaban J connectivity index is 0.000000673. The molecule has 0 atom stereocenters. The second kappa shape index (κ2) is 6.62. The number of benzene rings is 1. The van der Waals surface area contributed by atoms with Crippen molar-refractivity contribution in [2.24, 2.45) is 0 Å². The summed E-state index contributed by atoms with van der Waals surface area (Å²) < 4.78 is 81.8. The summed E-state index contributed by atoms with van der Waals surface area (Å²) >= 11 is 0.462. The minimum Gasteiger partial charge on any atom is -0.214 e. The Kier molecular flexibility index (Phi) is 6.24. The SMILES string of the molecule is CSc1c(F)c(F)c(F)c(F)c1F.FCF. The smallest absolute Gasteiger partial charge is 0.214 e. The first-order valence-corrected chi connectivity index (χ1v) is 4.82. The van der Waals surface area contributed by atoms with Crippen molar-refractivity contribution in [3.8, 4) is 0 Å². The molecule has 0 amide bonds. The highest BCUT2D eigenvalue weighted by Gasteiger charge is 2.24. The fraction of sp³-hybridized carbons (Fsp3) is 0.250. The first-order chi connectivity index (χ1) is 7.42. The molecule has 92 valence electrons. The standard InChI is InChI=1S/C7H3F5S.CH2F2/c1-13-7-5(11)3(9)2(8)4(10)6(7)12;2-1-3/h1H3;1H2. The van der Waals surface area contributed by atoms with E-state index in [1.165, 1.54) is 6.26 Å². The molecule has 0 fully saturated rings. The summed E-state index contributed by atoms with van der Waals surface area (Å²) in [6, 6.07) is 0. The van der Waals surface area contributed by atoms with Crippen molar-refractivity contribution in [1.29, 1.82) is 0 Å². The predicted octanol–water partition coefficient (Wildman–Crippen LogP) is 3.99. The van der Waals surface area contributed by atoms with Crippen LogP contribution in [-0.2, 0) is 0 Å². The number of hydrogen-bond acceptors (Lipinski definition) is 1. The van der Waals surface area contributed by atoms with Gasteiger partial charge in [-0.05, 0) is 6.26 Å². The van der Waals surface area contributed by atoms with Crippen LogP contribution in [0.15, 0.2) is 4.90 Å². The van der Waals surface area contributed by atoms with Gasteiger partial charge in [-0.25, -0.2) is 30.7 Å². The first kappa shape index (κ1) is 15.1. The van der Waals surface area contributed by atoms with Crippen molar-refractivity contribution >= 4 is 11.8 Å². The van der Waals surface area contributed by atoms with E-state index in [-0.39, 0.29) is 0 Å². The van der Waals surface area contributed by atoms with Crippen LogP contribution in [0.4, 0.5) is 30.7 Å². The van der Waals surface area contributed by atoms with E-state index in [4.69, 9.17) is 0 Å². The molecule has 0 radical (unpaired) electrons. The van der Waals surface area contributed by atoms with Gasteiger partial charge in [-0.15, -0.1) is 11.8 Å². The van der Waals surface area contributed by atoms with Crippen molar-refractivity contribution in [2.45, 2.75) is 4.90 Å². The first-order valence-electron chi connectivity index (χ1n) is 3.59. The second-order valence-corrected chi connectivity index (χ2v) is 3.02. The monoisotopic (exact) mass is 266 g/mol. The molecule has 0 aromatic heterocycles. The summed E-state index contributed by atoms with van der Waals surface area (Å²) in [5.41, 5.74) is 0. The van der Waals surface area contributed by atoms with Gasteiger partial charge >= 0.3 is 0 Å². The Morgan fingerprint density at radius 1 is 0.750 bits per heavy atom. The van der Waals surface area contributed by atoms with Gasteiger partial charge in [-0.2, -0.15) is 0 Å². The summed E-state index contributed by atoms with van der Waals surface area (Å²) in [6.07, 6.45) is 1.22. The predicted molar refractivity (Wildman–Crippen MR) is 45.1 cm³/mol. The molecule has 8 heteroatoms. The van der Waals surface area contributed by atoms with E-state index in [0.29, 0.717) is 11.8 Å². The van der Waals surface area contributed by atoms with Crippen LogP contribution < -0.4 is 0 Å². The van der Waals surface area contributed by atoms with Gasteiger partial charge in [0.05, 0.1) is 4.90 Å². The minimum atomic E-state index is -2.13. The largest absolute Gasteiger partial charge is 0.229 e. The Labute approximate surface area is 90.4 Å². The van der Waals surface area contributed by atoms with E-state index in [9.17, 15) is 30.7 Å². The Morgan fingerprint density at radius 3 is 1.25 bits per heavy atom. The van der Waals surface area contributed by atoms with Crippen LogP contribution in [-0.4, -0.2) is 13.2 Å². The molecule has 1 rings (SSSR count). The number of halogens is 7. The number of thioether (sulfide) groups is 1. The molecule has 0 N–H and O–H groups in total. The van der Waals surface area contributed by atoms with Gasteiger partial charge < -0.3 is 0 Å². The maximum Gasteiger partial charge on any atom is 0.229 e. The summed E-state index contributed by atoms with van der Waals surface area (Å²) in [7, 11) is 0. The van der Waals surface area contributed by atoms with Crippen LogP contribution >= 0.6 is 11.8 Å². The lowest BCUT2D eigenvalue weighted by molar-refractivity contribution is 0.295. The van der Waals surface area contributed by atoms with Gasteiger partial charge in [0.15, 0.2) is 23.3 Å². The van der Waals surface area contributed by atoms with E-state index >= 15 is 0 Å². The molecule has 0 aliphatic carbocycles. The van der Waals surface area contributed by atoms with Crippen molar-refractivity contribution < 1.29 is 30.7 Å². The third-order valence-electron chi connectivity index (χ3n) is 1.37. The van der Waals surface area contributed by atoms with Crippen LogP contribution in [0.25, 0.3) is 0 Å². The van der Waals surface area contributed by atoms with E-state index < -0.39 is 40.9 Å². The maximum atomic E-state index is 12.7. The van der Waals surface area contributed by atoms with Crippen LogP contribution in [0.2, 0.25) is 0 Å². The molecule has 16 heavy (non-hydrogen) atoms. The normalized spacial score (nSPS) is 9.75. The molecular formula is C8H5F7S. The molecule has 1 aromatic rings. The van der Waals surface area contributed by atoms with Crippen molar-refractivity contribution in [1.82, 2.24) is 0 Å². The summed E-state index contributed by atoms with van der Waals surface area (Å²) in [4.78, 5) is -0.864. The molecule has 0 aliphatic heterocycles. The highest BCUT2D eigenvalue weighted by molar-refractivity contribution is 7.98. The summed E-state index contributed by atoms with van der Waals surface area (Å²) in [5.74, 6) is -9.54. The van der Waals surface area contributed by atoms with Gasteiger partial charge in [-0.1, -0.05) is 0 Å². The minimum absolute atomic E-state index is 0.462. The molecule has 0 aliphatic rings. The van der Waals surface area contributed by atoms with Gasteiger partial charge in [0.2, 0.25) is 12.7 Å². The zero-order chi connectivity index (χ0) is 12.9. The number of rotatable bonds is 1. The molecule has 1 aromatic carbocycles. The maximum absolute atomic E-state index is 12.7. The van der Waals surface area contributed by atoms with E-state index in [1.54, 1.807) is 0 Å². The zero-order valence-electron chi connectivity index (χ0n) is 7.76. The molecule has 0 unspecified atom stereocenters. The van der Waals surface area contributed by atoms with Crippen molar-refractivity contribution in [3.05, 3.63) is 29.1 Å². The second-order valence-electron chi connectivity index (χ2n) is 2.20. The lowest BCUT2D eigenvalue weighted by atomic mass is 10.3. The molecule has 0 heterocycles. The Bertz CT molecular complexity index is 337. The third-order valence-corrected chi connectivity index (χ3v) is 2.14. The number of hydrogen-bond donors (Lipinski definition) is 0. The quantitative estimate of drug-likeness (QED) is 0.320. The van der Waals surface area contributed by atoms with E-state index in [0.717, 1.165) is 0 Å². The summed E-state index contributed by atoms with van der Waals surface area (Å²) in [5, 5.41) is 0. The van der Waals surface area contributed by atoms with Crippen LogP contribution in [0.3, 0.4) is 0 Å². The van der Waals surface area contributed by atoms with Gasteiger partial charge in [0.25, 0.3) is 0 Å². The van der Waals surface area contributed by atoms with Gasteiger partial charge in [-0.3, -0.25) is 0 Å². The molecule has 0 bridgehead atoms. The molecular weight excluding hydrogens is 261 g/mol.